The largest absolute Gasteiger partial charge is 0.481 e. The van der Waals surface area contributed by atoms with Crippen molar-refractivity contribution in [2.24, 2.45) is 22.8 Å². The second-order valence-electron chi connectivity index (χ2n) is 23.6. The van der Waals surface area contributed by atoms with Gasteiger partial charge in [-0.3, -0.25) is 29.2 Å². The highest BCUT2D eigenvalue weighted by Gasteiger charge is 2.45. The van der Waals surface area contributed by atoms with E-state index in [1.54, 1.807) is 23.2 Å². The molecule has 6 heterocycles. The van der Waals surface area contributed by atoms with Crippen LogP contribution in [0.4, 0.5) is 10.7 Å². The van der Waals surface area contributed by atoms with Crippen LogP contribution in [0.2, 0.25) is 0 Å². The standard InChI is InChI=1S/C23H32N2O4.C18H17NO3.C16H17N3O5S.C9H15N5O7S2/c1-7-16-13-15(3)14-17(8-2)18(16)19-20(26)24-9-11-28-12-10-25(24)21(19)29-22(27)23(4,5)6;1-2-21-17(20)16-13-18(22-19-16,14-9-5-3-6-10-14)15-11-7-4-8-12-15;1-9-10(15(20)11-8-17-19(2)16(11)21)4-5-13(25(3,22)23)14(9)12-6-7-24-18-12;1-14(22(4,16)17)23(18,19)13-9(15)12-8-10-6(20-2)5-7(11-8)21-3/h13-14H,7-12H2,1-6H3;3-12H,2,13H2,1H3;4-5,8,17H,6-7H2,1-3H3;5H,1-4H3,(H2,10,11,12,13,15). The summed E-state index contributed by atoms with van der Waals surface area (Å²) in [5, 5.41) is 12.6. The normalized spacial score (nSPS) is 14.1. The molecule has 33 heteroatoms. The molecule has 0 fully saturated rings. The van der Waals surface area contributed by atoms with Crippen molar-refractivity contribution in [1.29, 1.82) is 0 Å². The number of hydrogen-bond donors (Lipinski definition) is 3. The molecule has 532 valence electrons. The Bertz CT molecular complexity index is 4610. The van der Waals surface area contributed by atoms with E-state index in [1.807, 2.05) is 86.8 Å². The number of H-pyrrole nitrogens is 1. The number of benzene rings is 4. The Morgan fingerprint density at radius 1 is 0.737 bits per heavy atom. The second-order valence-corrected chi connectivity index (χ2v) is 29.5. The maximum Gasteiger partial charge on any atom is 0.356 e. The minimum Gasteiger partial charge on any atom is -0.481 e. The molecule has 0 atom stereocenters. The smallest absolute Gasteiger partial charge is 0.356 e. The zero-order chi connectivity index (χ0) is 73.0. The summed E-state index contributed by atoms with van der Waals surface area (Å²) in [6.45, 7) is 17.6. The summed E-state index contributed by atoms with van der Waals surface area (Å²) in [5.74, 6) is -1.10. The summed E-state index contributed by atoms with van der Waals surface area (Å²) in [4.78, 5) is 93.1. The van der Waals surface area contributed by atoms with Gasteiger partial charge in [-0.1, -0.05) is 106 Å². The minimum absolute atomic E-state index is 0.00623. The quantitative estimate of drug-likeness (QED) is 0.0606. The molecule has 0 saturated heterocycles. The van der Waals surface area contributed by atoms with E-state index in [0.717, 1.165) is 54.0 Å². The monoisotopic (exact) mass is 1430 g/mol. The molecule has 0 spiro atoms. The maximum absolute atomic E-state index is 13.5. The molecule has 0 radical (unpaired) electrons. The van der Waals surface area contributed by atoms with E-state index in [1.165, 1.54) is 60.6 Å². The van der Waals surface area contributed by atoms with Crippen molar-refractivity contribution in [2.75, 3.05) is 65.5 Å². The lowest BCUT2D eigenvalue weighted by Gasteiger charge is -2.27. The van der Waals surface area contributed by atoms with E-state index in [4.69, 9.17) is 33.4 Å². The number of fused-ring (bicyclic) bond motifs is 1. The summed E-state index contributed by atoms with van der Waals surface area (Å²) in [5.41, 5.74) is 6.57. The van der Waals surface area contributed by atoms with Crippen molar-refractivity contribution in [3.63, 3.8) is 0 Å². The number of carbonyl (C=O) groups is 4. The molecular weight excluding hydrogens is 1350 g/mol. The summed E-state index contributed by atoms with van der Waals surface area (Å²) < 4.78 is 102. The Labute approximate surface area is 573 Å². The number of sulfonamides is 1. The van der Waals surface area contributed by atoms with E-state index in [2.05, 4.69) is 58.3 Å². The van der Waals surface area contributed by atoms with Gasteiger partial charge in [-0.2, -0.15) is 18.4 Å². The van der Waals surface area contributed by atoms with Gasteiger partial charge in [-0.05, 0) is 88.8 Å². The first-order chi connectivity index (χ1) is 46.6. The second kappa shape index (κ2) is 32.2. The molecule has 3 N–H and O–H groups in total. The third-order valence-electron chi connectivity index (χ3n) is 15.6. The number of oxime groups is 2. The topological polar surface area (TPSA) is 378 Å². The van der Waals surface area contributed by atoms with Crippen molar-refractivity contribution in [3.05, 3.63) is 168 Å². The first kappa shape index (κ1) is 76.5. The van der Waals surface area contributed by atoms with Gasteiger partial charge in [0.2, 0.25) is 33.6 Å². The van der Waals surface area contributed by atoms with Gasteiger partial charge in [-0.15, -0.1) is 0 Å². The third kappa shape index (κ3) is 18.1. The SMILES string of the molecule is CCOC(=O)C1=NOC(c2ccccc2)(c2ccccc2)C1.CCc1cc(C)cc(CC)c1-c1c(OC(=O)C(C)(C)C)n2n(c1=O)CCOCC2.COc1cc(OC)nc(NC(=O)NS(=O)(=O)N(C)S(C)(=O)=O)n1.Cc1c(C(=O)c2c[nH]n(C)c2=O)ccc(S(C)(=O)=O)c1C1=NOCC1. The van der Waals surface area contributed by atoms with Gasteiger partial charge in [0, 0.05) is 55.2 Å². The highest BCUT2D eigenvalue weighted by Crippen LogP contribution is 2.42. The Morgan fingerprint density at radius 2 is 1.31 bits per heavy atom. The van der Waals surface area contributed by atoms with E-state index in [0.29, 0.717) is 92.6 Å². The van der Waals surface area contributed by atoms with Crippen LogP contribution in [0.5, 0.6) is 17.6 Å². The van der Waals surface area contributed by atoms with Crippen LogP contribution in [0.15, 0.2) is 122 Å². The number of ketones is 1. The number of amides is 2. The summed E-state index contributed by atoms with van der Waals surface area (Å²) in [6.07, 6.45) is 5.51. The molecule has 30 nitrogen and oxygen atoms in total. The van der Waals surface area contributed by atoms with Crippen LogP contribution in [0.3, 0.4) is 0 Å². The molecule has 3 aliphatic heterocycles. The lowest BCUT2D eigenvalue weighted by Crippen LogP contribution is -2.45. The van der Waals surface area contributed by atoms with Gasteiger partial charge in [0.25, 0.3) is 11.1 Å². The Hall–Kier alpha value is -9.83. The molecule has 0 bridgehead atoms. The fourth-order valence-corrected chi connectivity index (χ4v) is 13.4. The van der Waals surface area contributed by atoms with Crippen LogP contribution in [0.25, 0.3) is 11.1 Å². The average molecular weight is 1430 g/mol. The number of aromatic nitrogens is 6. The Kier molecular flexibility index (Phi) is 24.9. The number of aromatic amines is 1. The van der Waals surface area contributed by atoms with Crippen LogP contribution in [0.1, 0.15) is 109 Å². The number of ether oxygens (including phenoxy) is 5. The minimum atomic E-state index is -4.60. The van der Waals surface area contributed by atoms with Crippen molar-refractivity contribution in [2.45, 2.75) is 105 Å². The lowest BCUT2D eigenvalue weighted by molar-refractivity contribution is -0.143. The van der Waals surface area contributed by atoms with Gasteiger partial charge in [0.1, 0.15) is 17.7 Å². The zero-order valence-corrected chi connectivity index (χ0v) is 59.8. The van der Waals surface area contributed by atoms with E-state index < -0.39 is 64.4 Å². The van der Waals surface area contributed by atoms with E-state index >= 15 is 0 Å². The number of methoxy groups -OCH3 is 2. The average Bonchev–Trinajstić information content (AvgIpc) is 1.71. The Balaban J connectivity index is 0.000000187. The predicted molar refractivity (Wildman–Crippen MR) is 367 cm³/mol. The number of anilines is 1. The van der Waals surface area contributed by atoms with Gasteiger partial charge >= 0.3 is 28.2 Å². The van der Waals surface area contributed by atoms with Crippen LogP contribution in [0, 0.1) is 19.3 Å². The number of urea groups is 1. The molecule has 3 aliphatic rings. The van der Waals surface area contributed by atoms with Crippen LogP contribution in [-0.4, -0.2) is 153 Å². The van der Waals surface area contributed by atoms with E-state index in [9.17, 15) is 54.0 Å². The number of aryl methyl sites for hydroxylation is 4. The molecule has 3 aromatic heterocycles. The van der Waals surface area contributed by atoms with Gasteiger partial charge in [0.05, 0.1) is 81.9 Å². The highest BCUT2D eigenvalue weighted by molar-refractivity contribution is 8.03. The van der Waals surface area contributed by atoms with Crippen molar-refractivity contribution >= 4 is 71.2 Å². The number of nitrogens with one attached hydrogen (secondary N) is 3. The summed E-state index contributed by atoms with van der Waals surface area (Å²) in [7, 11) is -7.28. The first-order valence-corrected chi connectivity index (χ1v) is 36.2. The van der Waals surface area contributed by atoms with Crippen LogP contribution in [-0.2, 0) is 97.4 Å². The van der Waals surface area contributed by atoms with Crippen molar-refractivity contribution < 1.29 is 77.8 Å². The number of nitrogens with zero attached hydrogens (tertiary/aromatic N) is 8. The maximum atomic E-state index is 13.5. The number of esters is 2. The fraction of sp³-hybridized carbons (Fsp3) is 0.394. The zero-order valence-electron chi connectivity index (χ0n) is 57.4. The van der Waals surface area contributed by atoms with Gasteiger partial charge in [0.15, 0.2) is 26.9 Å². The molecule has 0 aliphatic carbocycles. The highest BCUT2D eigenvalue weighted by atomic mass is 32.3. The van der Waals surface area contributed by atoms with Gasteiger partial charge < -0.3 is 38.5 Å². The number of carbonyl (C=O) groups excluding carboxylic acids is 4. The van der Waals surface area contributed by atoms with Crippen LogP contribution >= 0.6 is 0 Å². The number of rotatable bonds is 18. The molecular formula is C66H81N11O19S3. The number of hydrogen-bond acceptors (Lipinski definition) is 23. The molecule has 10 rings (SSSR count). The first-order valence-electron chi connectivity index (χ1n) is 31.0. The lowest BCUT2D eigenvalue weighted by atomic mass is 9.82. The molecule has 99 heavy (non-hydrogen) atoms. The fourth-order valence-electron chi connectivity index (χ4n) is 10.5. The predicted octanol–water partition coefficient (Wildman–Crippen LogP) is 6.53. The van der Waals surface area contributed by atoms with Crippen molar-refractivity contribution in [1.82, 2.24) is 37.5 Å². The summed E-state index contributed by atoms with van der Waals surface area (Å²) in [6, 6.07) is 26.8. The Morgan fingerprint density at radius 3 is 1.80 bits per heavy atom. The molecule has 7 aromatic rings. The van der Waals surface area contributed by atoms with Gasteiger partial charge in [-0.25, -0.2) is 40.5 Å². The summed E-state index contributed by atoms with van der Waals surface area (Å²) >= 11 is 0. The number of sulfone groups is 1. The van der Waals surface area contributed by atoms with Crippen LogP contribution < -0.4 is 35.4 Å². The third-order valence-corrected chi connectivity index (χ3v) is 20.2. The molecule has 0 unspecified atom stereocenters. The van der Waals surface area contributed by atoms with E-state index in [-0.39, 0.29) is 49.0 Å². The molecule has 2 amide bonds. The van der Waals surface area contributed by atoms with Crippen molar-refractivity contribution in [3.8, 4) is 28.8 Å². The molecule has 0 saturated carbocycles. The molecule has 4 aromatic carbocycles.